The molecular weight excluding hydrogens is 295 g/mol. The van der Waals surface area contributed by atoms with Gasteiger partial charge in [-0.3, -0.25) is 9.36 Å². The molecule has 3 nitrogen and oxygen atoms in total. The van der Waals surface area contributed by atoms with Crippen molar-refractivity contribution in [3.8, 4) is 0 Å². The maximum atomic E-state index is 12.6. The Hall–Kier alpha value is -1.60. The van der Waals surface area contributed by atoms with E-state index in [1.807, 2.05) is 26.0 Å². The molecule has 0 aromatic heterocycles. The first-order valence-corrected chi connectivity index (χ1v) is 8.88. The van der Waals surface area contributed by atoms with Crippen LogP contribution in [0.1, 0.15) is 34.1 Å². The number of rotatable bonds is 4. The Bertz CT molecular complexity index is 646. The summed E-state index contributed by atoms with van der Waals surface area (Å²) in [7, 11) is -2.56. The molecule has 1 aliphatic carbocycles. The molecule has 1 aromatic carbocycles. The van der Waals surface area contributed by atoms with Crippen molar-refractivity contribution in [1.82, 2.24) is 0 Å². The zero-order chi connectivity index (χ0) is 16.3. The quantitative estimate of drug-likeness (QED) is 0.779. The molecule has 0 heterocycles. The van der Waals surface area contributed by atoms with Gasteiger partial charge >= 0.3 is 5.97 Å². The van der Waals surface area contributed by atoms with Crippen LogP contribution in [0, 0.1) is 11.3 Å². The maximum Gasteiger partial charge on any atom is 0.319 e. The molecule has 0 saturated carbocycles. The van der Waals surface area contributed by atoms with Crippen molar-refractivity contribution in [2.45, 2.75) is 34.1 Å². The Balaban J connectivity index is 2.22. The fourth-order valence-electron chi connectivity index (χ4n) is 3.15. The number of allylic oxidation sites excluding steroid dienone is 3. The highest BCUT2D eigenvalue weighted by Crippen LogP contribution is 2.44. The van der Waals surface area contributed by atoms with Crippen LogP contribution in [0.3, 0.4) is 0 Å². The molecule has 1 aliphatic rings. The average Bonchev–Trinajstić information content (AvgIpc) is 2.47. The minimum Gasteiger partial charge on any atom is -0.410 e. The van der Waals surface area contributed by atoms with Gasteiger partial charge in [0.25, 0.3) is 8.03 Å². The van der Waals surface area contributed by atoms with Crippen molar-refractivity contribution in [2.24, 2.45) is 11.3 Å². The van der Waals surface area contributed by atoms with Crippen LogP contribution in [-0.4, -0.2) is 5.97 Å². The second-order valence-corrected chi connectivity index (χ2v) is 7.50. The third kappa shape index (κ3) is 3.41. The molecule has 4 heteroatoms. The molecule has 0 aliphatic heterocycles. The Morgan fingerprint density at radius 1 is 1.27 bits per heavy atom. The number of benzene rings is 1. The van der Waals surface area contributed by atoms with Gasteiger partial charge in [0, 0.05) is 10.7 Å². The molecular formula is C18H23O3P. The molecule has 3 unspecified atom stereocenters. The molecule has 0 radical (unpaired) electrons. The first-order valence-electron chi connectivity index (χ1n) is 7.56. The highest BCUT2D eigenvalue weighted by Gasteiger charge is 2.40. The lowest BCUT2D eigenvalue weighted by Crippen LogP contribution is -2.35. The van der Waals surface area contributed by atoms with Crippen LogP contribution < -0.4 is 5.30 Å². The normalized spacial score (nSPS) is 25.9. The van der Waals surface area contributed by atoms with Crippen LogP contribution in [0.2, 0.25) is 0 Å². The van der Waals surface area contributed by atoms with Crippen molar-refractivity contribution in [1.29, 1.82) is 0 Å². The molecule has 0 bridgehead atoms. The highest BCUT2D eigenvalue weighted by atomic mass is 31.1. The van der Waals surface area contributed by atoms with Gasteiger partial charge in [0.2, 0.25) is 0 Å². The number of carbonyl (C=O) groups is 1. The van der Waals surface area contributed by atoms with Crippen LogP contribution in [0.25, 0.3) is 0 Å². The van der Waals surface area contributed by atoms with E-state index >= 15 is 0 Å². The van der Waals surface area contributed by atoms with Crippen LogP contribution in [-0.2, 0) is 13.9 Å². The van der Waals surface area contributed by atoms with Crippen molar-refractivity contribution < 1.29 is 13.9 Å². The van der Waals surface area contributed by atoms with Crippen LogP contribution in [0.4, 0.5) is 0 Å². The van der Waals surface area contributed by atoms with E-state index < -0.39 is 14.0 Å². The predicted molar refractivity (Wildman–Crippen MR) is 90.6 cm³/mol. The van der Waals surface area contributed by atoms with Crippen LogP contribution in [0.5, 0.6) is 0 Å². The average molecular weight is 318 g/mol. The molecule has 0 spiro atoms. The smallest absolute Gasteiger partial charge is 0.319 e. The van der Waals surface area contributed by atoms with Crippen LogP contribution in [0.15, 0.2) is 53.6 Å². The van der Waals surface area contributed by atoms with Gasteiger partial charge in [-0.2, -0.15) is 0 Å². The summed E-state index contributed by atoms with van der Waals surface area (Å²) in [6.07, 6.45) is 4.94. The highest BCUT2D eigenvalue weighted by molar-refractivity contribution is 7.48. The maximum absolute atomic E-state index is 12.6. The SMILES string of the molecule is CCC1(C)C=C(C)C=C(C)C1C(=O)O[PH](=O)c1ccccc1. The van der Waals surface area contributed by atoms with Gasteiger partial charge in [-0.05, 0) is 32.4 Å². The second kappa shape index (κ2) is 6.66. The van der Waals surface area contributed by atoms with E-state index in [9.17, 15) is 9.36 Å². The number of hydrogen-bond acceptors (Lipinski definition) is 3. The minimum atomic E-state index is -2.56. The van der Waals surface area contributed by atoms with E-state index in [2.05, 4.69) is 19.9 Å². The van der Waals surface area contributed by atoms with Gasteiger partial charge in [-0.25, -0.2) is 0 Å². The molecule has 0 amide bonds. The van der Waals surface area contributed by atoms with Crippen molar-refractivity contribution in [3.05, 3.63) is 53.6 Å². The van der Waals surface area contributed by atoms with Crippen molar-refractivity contribution in [3.63, 3.8) is 0 Å². The Labute approximate surface area is 132 Å². The summed E-state index contributed by atoms with van der Waals surface area (Å²) >= 11 is 0. The molecule has 0 fully saturated rings. The van der Waals surface area contributed by atoms with Crippen molar-refractivity contribution >= 4 is 19.3 Å². The lowest BCUT2D eigenvalue weighted by Gasteiger charge is -2.36. The molecule has 118 valence electrons. The lowest BCUT2D eigenvalue weighted by atomic mass is 9.68. The van der Waals surface area contributed by atoms with E-state index in [0.29, 0.717) is 5.30 Å². The summed E-state index contributed by atoms with van der Waals surface area (Å²) in [5.74, 6) is -0.770. The Morgan fingerprint density at radius 3 is 2.50 bits per heavy atom. The van der Waals surface area contributed by atoms with Gasteiger partial charge in [0.1, 0.15) is 0 Å². The Morgan fingerprint density at radius 2 is 1.91 bits per heavy atom. The van der Waals surface area contributed by atoms with Gasteiger partial charge < -0.3 is 4.52 Å². The summed E-state index contributed by atoms with van der Waals surface area (Å²) in [4.78, 5) is 12.6. The van der Waals surface area contributed by atoms with Gasteiger partial charge in [0.15, 0.2) is 0 Å². The number of hydrogen-bond donors (Lipinski definition) is 0. The van der Waals surface area contributed by atoms with E-state index in [0.717, 1.165) is 17.6 Å². The largest absolute Gasteiger partial charge is 0.410 e. The van der Waals surface area contributed by atoms with E-state index in [4.69, 9.17) is 4.52 Å². The third-order valence-electron chi connectivity index (χ3n) is 4.33. The third-order valence-corrected chi connectivity index (χ3v) is 5.52. The fourth-order valence-corrected chi connectivity index (χ4v) is 4.04. The zero-order valence-corrected chi connectivity index (χ0v) is 14.6. The van der Waals surface area contributed by atoms with Crippen molar-refractivity contribution in [2.75, 3.05) is 0 Å². The van der Waals surface area contributed by atoms with Gasteiger partial charge in [-0.1, -0.05) is 55.3 Å². The lowest BCUT2D eigenvalue weighted by molar-refractivity contribution is -0.140. The summed E-state index contributed by atoms with van der Waals surface area (Å²) in [5, 5.41) is 0.572. The standard InChI is InChI=1S/C18H23O3P/c1-5-18(4)12-13(2)11-14(3)16(18)17(19)21-22(20)15-9-7-6-8-10-15/h6-12,16,22H,5H2,1-4H3. The molecule has 1 aromatic rings. The topological polar surface area (TPSA) is 43.4 Å². The van der Waals surface area contributed by atoms with Gasteiger partial charge in [0.05, 0.1) is 5.92 Å². The first-order chi connectivity index (χ1) is 10.4. The summed E-state index contributed by atoms with van der Waals surface area (Å²) in [6, 6.07) is 8.87. The molecule has 0 N–H and O–H groups in total. The fraction of sp³-hybridized carbons (Fsp3) is 0.389. The van der Waals surface area contributed by atoms with E-state index in [-0.39, 0.29) is 11.3 Å². The summed E-state index contributed by atoms with van der Waals surface area (Å²) in [5.41, 5.74) is 1.83. The second-order valence-electron chi connectivity index (χ2n) is 6.14. The predicted octanol–water partition coefficient (Wildman–Crippen LogP) is 4.27. The Kier molecular flexibility index (Phi) is 5.08. The number of carbonyl (C=O) groups excluding carboxylic acids is 1. The minimum absolute atomic E-state index is 0.293. The summed E-state index contributed by atoms with van der Waals surface area (Å²) < 4.78 is 17.6. The zero-order valence-electron chi connectivity index (χ0n) is 13.6. The summed E-state index contributed by atoms with van der Waals surface area (Å²) in [6.45, 7) is 8.09. The van der Waals surface area contributed by atoms with Gasteiger partial charge in [-0.15, -0.1) is 0 Å². The molecule has 22 heavy (non-hydrogen) atoms. The van der Waals surface area contributed by atoms with E-state index in [1.165, 1.54) is 0 Å². The molecule has 2 rings (SSSR count). The first kappa shape index (κ1) is 16.8. The van der Waals surface area contributed by atoms with E-state index in [1.54, 1.807) is 24.3 Å². The van der Waals surface area contributed by atoms with Crippen LogP contribution >= 0.6 is 8.03 Å². The molecule has 3 atom stereocenters. The monoisotopic (exact) mass is 318 g/mol. The molecule has 0 saturated heterocycles.